The molecule has 0 atom stereocenters. The van der Waals surface area contributed by atoms with Crippen molar-refractivity contribution in [2.24, 2.45) is 7.05 Å². The predicted octanol–water partition coefficient (Wildman–Crippen LogP) is 1.13. The average molecular weight is 180 g/mol. The molecule has 0 amide bonds. The van der Waals surface area contributed by atoms with Crippen LogP contribution in [0.1, 0.15) is 0 Å². The zero-order chi connectivity index (χ0) is 8.55. The molecule has 0 spiro atoms. The van der Waals surface area contributed by atoms with E-state index < -0.39 is 0 Å². The molecule has 2 aromatic rings. The highest BCUT2D eigenvalue weighted by Crippen LogP contribution is 2.27. The molecule has 2 rings (SSSR count). The Morgan fingerprint density at radius 3 is 2.92 bits per heavy atom. The minimum Gasteiger partial charge on any atom is -0.390 e. The maximum absolute atomic E-state index is 5.74. The Morgan fingerprint density at radius 2 is 2.42 bits per heavy atom. The first kappa shape index (κ1) is 7.30. The number of nitrogens with zero attached hydrogens (tertiary/aromatic N) is 3. The lowest BCUT2D eigenvalue weighted by atomic mass is 10.3. The Hall–Kier alpha value is -1.36. The molecule has 2 heterocycles. The van der Waals surface area contributed by atoms with Crippen LogP contribution in [-0.4, -0.2) is 14.8 Å². The molecule has 5 heteroatoms. The molecular weight excluding hydrogens is 172 g/mol. The average Bonchev–Trinajstić information content (AvgIpc) is 2.59. The second-order valence-electron chi connectivity index (χ2n) is 2.41. The van der Waals surface area contributed by atoms with Crippen molar-refractivity contribution >= 4 is 16.3 Å². The van der Waals surface area contributed by atoms with Crippen molar-refractivity contribution in [2.45, 2.75) is 0 Å². The van der Waals surface area contributed by atoms with Crippen molar-refractivity contribution < 1.29 is 0 Å². The minimum absolute atomic E-state index is 0.783. The molecule has 0 fully saturated rings. The van der Waals surface area contributed by atoms with Crippen molar-refractivity contribution in [2.75, 3.05) is 5.73 Å². The Morgan fingerprint density at radius 1 is 1.58 bits per heavy atom. The first-order valence-electron chi connectivity index (χ1n) is 3.46. The Bertz CT molecular complexity index is 351. The summed E-state index contributed by atoms with van der Waals surface area (Å²) in [7, 11) is 1.85. The normalized spacial score (nSPS) is 10.4. The van der Waals surface area contributed by atoms with Gasteiger partial charge in [0.25, 0.3) is 0 Å². The van der Waals surface area contributed by atoms with Crippen LogP contribution in [0.5, 0.6) is 0 Å². The van der Waals surface area contributed by atoms with Crippen molar-refractivity contribution in [3.05, 3.63) is 17.8 Å². The first-order valence-corrected chi connectivity index (χ1v) is 4.34. The van der Waals surface area contributed by atoms with Gasteiger partial charge < -0.3 is 5.73 Å². The maximum atomic E-state index is 5.74. The number of nitrogens with two attached hydrogens (primary N) is 1. The van der Waals surface area contributed by atoms with Gasteiger partial charge in [0.1, 0.15) is 6.33 Å². The third-order valence-corrected chi connectivity index (χ3v) is 2.39. The summed E-state index contributed by atoms with van der Waals surface area (Å²) in [6.07, 6.45) is 1.52. The molecule has 0 aromatic carbocycles. The van der Waals surface area contributed by atoms with Crippen molar-refractivity contribution in [3.63, 3.8) is 0 Å². The van der Waals surface area contributed by atoms with E-state index in [0.29, 0.717) is 0 Å². The highest BCUT2D eigenvalue weighted by atomic mass is 32.1. The zero-order valence-electron chi connectivity index (χ0n) is 6.56. The van der Waals surface area contributed by atoms with Gasteiger partial charge in [0.2, 0.25) is 0 Å². The van der Waals surface area contributed by atoms with Crippen molar-refractivity contribution in [1.29, 1.82) is 0 Å². The van der Waals surface area contributed by atoms with Crippen LogP contribution in [0.3, 0.4) is 0 Å². The van der Waals surface area contributed by atoms with Crippen LogP contribution in [0.15, 0.2) is 17.8 Å². The van der Waals surface area contributed by atoms with E-state index in [0.717, 1.165) is 16.4 Å². The van der Waals surface area contributed by atoms with Gasteiger partial charge in [-0.25, -0.2) is 9.67 Å². The van der Waals surface area contributed by atoms with Crippen molar-refractivity contribution in [1.82, 2.24) is 14.8 Å². The monoisotopic (exact) mass is 180 g/mol. The molecule has 0 aliphatic rings. The molecule has 0 aliphatic carbocycles. The van der Waals surface area contributed by atoms with Crippen LogP contribution in [-0.2, 0) is 7.05 Å². The van der Waals surface area contributed by atoms with Crippen LogP contribution < -0.4 is 5.73 Å². The van der Waals surface area contributed by atoms with E-state index in [1.165, 1.54) is 17.7 Å². The number of thiophene rings is 1. The van der Waals surface area contributed by atoms with Gasteiger partial charge in [-0.1, -0.05) is 0 Å². The fourth-order valence-electron chi connectivity index (χ4n) is 1.05. The third kappa shape index (κ3) is 0.984. The summed E-state index contributed by atoms with van der Waals surface area (Å²) in [6, 6.07) is 1.95. The standard InChI is InChI=1S/C7H8N4S/c1-11-7(9-4-10-11)5-2-3-12-6(5)8/h2-4H,8H2,1H3. The molecule has 62 valence electrons. The van der Waals surface area contributed by atoms with Gasteiger partial charge in [-0.05, 0) is 11.4 Å². The SMILES string of the molecule is Cn1ncnc1-c1ccsc1N. The third-order valence-electron chi connectivity index (χ3n) is 1.65. The second kappa shape index (κ2) is 2.60. The number of hydrogen-bond acceptors (Lipinski definition) is 4. The van der Waals surface area contributed by atoms with E-state index in [2.05, 4.69) is 10.1 Å². The van der Waals surface area contributed by atoms with Gasteiger partial charge >= 0.3 is 0 Å². The number of hydrogen-bond donors (Lipinski definition) is 1. The number of nitrogen functional groups attached to an aromatic ring is 1. The van der Waals surface area contributed by atoms with Crippen LogP contribution >= 0.6 is 11.3 Å². The van der Waals surface area contributed by atoms with E-state index in [-0.39, 0.29) is 0 Å². The molecule has 0 bridgehead atoms. The highest BCUT2D eigenvalue weighted by Gasteiger charge is 2.08. The number of aromatic nitrogens is 3. The topological polar surface area (TPSA) is 56.7 Å². The fourth-order valence-corrected chi connectivity index (χ4v) is 1.68. The van der Waals surface area contributed by atoms with Crippen molar-refractivity contribution in [3.8, 4) is 11.4 Å². The summed E-state index contributed by atoms with van der Waals surface area (Å²) in [6.45, 7) is 0. The molecule has 4 nitrogen and oxygen atoms in total. The quantitative estimate of drug-likeness (QED) is 0.715. The molecule has 2 N–H and O–H groups in total. The smallest absolute Gasteiger partial charge is 0.160 e. The maximum Gasteiger partial charge on any atom is 0.160 e. The Balaban J connectivity index is 2.57. The molecule has 0 unspecified atom stereocenters. The number of rotatable bonds is 1. The van der Waals surface area contributed by atoms with Gasteiger partial charge in [-0.3, -0.25) is 0 Å². The van der Waals surface area contributed by atoms with E-state index in [9.17, 15) is 0 Å². The van der Waals surface area contributed by atoms with Gasteiger partial charge in [0.15, 0.2) is 5.82 Å². The summed E-state index contributed by atoms with van der Waals surface area (Å²) in [5.41, 5.74) is 6.70. The van der Waals surface area contributed by atoms with Crippen LogP contribution in [0.2, 0.25) is 0 Å². The van der Waals surface area contributed by atoms with E-state index in [1.54, 1.807) is 4.68 Å². The van der Waals surface area contributed by atoms with E-state index in [1.807, 2.05) is 18.5 Å². The minimum atomic E-state index is 0.783. The number of anilines is 1. The molecular formula is C7H8N4S. The summed E-state index contributed by atoms with van der Waals surface area (Å²) in [5.74, 6) is 0.814. The summed E-state index contributed by atoms with van der Waals surface area (Å²) < 4.78 is 1.71. The van der Waals surface area contributed by atoms with Gasteiger partial charge in [-0.2, -0.15) is 5.10 Å². The van der Waals surface area contributed by atoms with Gasteiger partial charge in [-0.15, -0.1) is 11.3 Å². The van der Waals surface area contributed by atoms with E-state index in [4.69, 9.17) is 5.73 Å². The molecule has 0 saturated heterocycles. The van der Waals surface area contributed by atoms with Gasteiger partial charge in [0.05, 0.1) is 10.6 Å². The lowest BCUT2D eigenvalue weighted by molar-refractivity contribution is 0.775. The van der Waals surface area contributed by atoms with E-state index >= 15 is 0 Å². The zero-order valence-corrected chi connectivity index (χ0v) is 7.38. The van der Waals surface area contributed by atoms with Crippen LogP contribution in [0.25, 0.3) is 11.4 Å². The second-order valence-corrected chi connectivity index (χ2v) is 3.35. The lowest BCUT2D eigenvalue weighted by Gasteiger charge is -1.96. The molecule has 0 saturated carbocycles. The van der Waals surface area contributed by atoms with Crippen LogP contribution in [0, 0.1) is 0 Å². The Labute approximate surface area is 73.7 Å². The van der Waals surface area contributed by atoms with Gasteiger partial charge in [0, 0.05) is 7.05 Å². The fraction of sp³-hybridized carbons (Fsp3) is 0.143. The first-order chi connectivity index (χ1) is 5.79. The summed E-state index contributed by atoms with van der Waals surface area (Å²) in [4.78, 5) is 4.10. The molecule has 0 radical (unpaired) electrons. The molecule has 2 aromatic heterocycles. The van der Waals surface area contributed by atoms with Crippen LogP contribution in [0.4, 0.5) is 5.00 Å². The number of aryl methyl sites for hydroxylation is 1. The predicted molar refractivity (Wildman–Crippen MR) is 48.7 cm³/mol. The highest BCUT2D eigenvalue weighted by molar-refractivity contribution is 7.14. The molecule has 12 heavy (non-hydrogen) atoms. The summed E-state index contributed by atoms with van der Waals surface area (Å²) >= 11 is 1.51. The molecule has 0 aliphatic heterocycles. The lowest BCUT2D eigenvalue weighted by Crippen LogP contribution is -1.95. The Kier molecular flexibility index (Phi) is 1.58. The summed E-state index contributed by atoms with van der Waals surface area (Å²) in [5, 5.41) is 6.70. The largest absolute Gasteiger partial charge is 0.390 e.